The first-order valence-corrected chi connectivity index (χ1v) is 11.3. The average molecular weight is 451 g/mol. The third kappa shape index (κ3) is 5.72. The summed E-state index contributed by atoms with van der Waals surface area (Å²) in [5.41, 5.74) is 0.157. The molecule has 1 aromatic carbocycles. The van der Waals surface area contributed by atoms with E-state index >= 15 is 0 Å². The summed E-state index contributed by atoms with van der Waals surface area (Å²) in [6.07, 6.45) is 1.12. The Morgan fingerprint density at radius 2 is 1.77 bits per heavy atom. The molecule has 0 N–H and O–H groups in total. The van der Waals surface area contributed by atoms with Crippen molar-refractivity contribution in [1.82, 2.24) is 9.21 Å². The number of sulfonamides is 1. The molecule has 1 aliphatic heterocycles. The van der Waals surface area contributed by atoms with E-state index in [-0.39, 0.29) is 48.2 Å². The summed E-state index contributed by atoms with van der Waals surface area (Å²) in [6.45, 7) is 4.01. The molecule has 0 saturated carbocycles. The van der Waals surface area contributed by atoms with E-state index in [2.05, 4.69) is 0 Å². The Hall–Kier alpha value is -2.69. The summed E-state index contributed by atoms with van der Waals surface area (Å²) in [4.78, 5) is 25.8. The van der Waals surface area contributed by atoms with Crippen LogP contribution in [0.1, 0.15) is 30.0 Å². The minimum atomic E-state index is -3.70. The van der Waals surface area contributed by atoms with Crippen molar-refractivity contribution in [2.75, 3.05) is 26.7 Å². The van der Waals surface area contributed by atoms with Crippen LogP contribution in [0.5, 0.6) is 0 Å². The second-order valence-corrected chi connectivity index (χ2v) is 9.45. The summed E-state index contributed by atoms with van der Waals surface area (Å²) in [5, 5.41) is 0. The molecule has 1 saturated heterocycles. The highest BCUT2D eigenvalue weighted by Crippen LogP contribution is 2.21. The van der Waals surface area contributed by atoms with E-state index in [1.807, 2.05) is 13.8 Å². The van der Waals surface area contributed by atoms with Crippen LogP contribution in [0.4, 0.5) is 0 Å². The SMILES string of the molecule is CC1CN(S(=O)(=O)c2ccc(C(=O)OCC(=O)N(C)Cc3ccco3)cc2)CC(C)O1. The van der Waals surface area contributed by atoms with Gasteiger partial charge in [-0.25, -0.2) is 13.2 Å². The summed E-state index contributed by atoms with van der Waals surface area (Å²) in [5.74, 6) is -0.486. The van der Waals surface area contributed by atoms with Crippen LogP contribution in [-0.4, -0.2) is 68.5 Å². The molecule has 10 heteroatoms. The first kappa shape index (κ1) is 23.0. The van der Waals surface area contributed by atoms with Crippen molar-refractivity contribution >= 4 is 21.9 Å². The van der Waals surface area contributed by atoms with Gasteiger partial charge in [0.25, 0.3) is 5.91 Å². The number of carbonyl (C=O) groups is 2. The number of nitrogens with zero attached hydrogens (tertiary/aromatic N) is 2. The number of morpholine rings is 1. The van der Waals surface area contributed by atoms with Gasteiger partial charge in [0.1, 0.15) is 5.76 Å². The number of carbonyl (C=O) groups excluding carboxylic acids is 2. The minimum Gasteiger partial charge on any atom is -0.467 e. The molecular formula is C21H26N2O7S. The molecule has 1 aromatic heterocycles. The molecule has 9 nitrogen and oxygen atoms in total. The molecule has 3 rings (SSSR count). The number of hydrogen-bond acceptors (Lipinski definition) is 7. The molecule has 2 atom stereocenters. The van der Waals surface area contributed by atoms with Crippen LogP contribution < -0.4 is 0 Å². The highest BCUT2D eigenvalue weighted by Gasteiger charge is 2.32. The fourth-order valence-corrected chi connectivity index (χ4v) is 4.87. The van der Waals surface area contributed by atoms with Gasteiger partial charge in [-0.1, -0.05) is 0 Å². The van der Waals surface area contributed by atoms with Gasteiger partial charge in [-0.05, 0) is 50.2 Å². The largest absolute Gasteiger partial charge is 0.467 e. The number of likely N-dealkylation sites (N-methyl/N-ethyl adjacent to an activating group) is 1. The molecule has 0 spiro atoms. The zero-order valence-corrected chi connectivity index (χ0v) is 18.5. The van der Waals surface area contributed by atoms with E-state index < -0.39 is 22.6 Å². The standard InChI is InChI=1S/C21H26N2O7S/c1-15-11-23(12-16(2)30-15)31(26,27)19-8-6-17(7-9-19)21(25)29-14-20(24)22(3)13-18-5-4-10-28-18/h4-10,15-16H,11-14H2,1-3H3. The number of amides is 1. The molecule has 168 valence electrons. The van der Waals surface area contributed by atoms with E-state index in [1.54, 1.807) is 19.2 Å². The maximum Gasteiger partial charge on any atom is 0.338 e. The Kier molecular flexibility index (Phi) is 7.14. The fourth-order valence-electron chi connectivity index (χ4n) is 3.28. The van der Waals surface area contributed by atoms with Crippen molar-refractivity contribution < 1.29 is 31.9 Å². The predicted molar refractivity (Wildman–Crippen MR) is 111 cm³/mol. The van der Waals surface area contributed by atoms with Crippen LogP contribution in [0.3, 0.4) is 0 Å². The lowest BCUT2D eigenvalue weighted by Crippen LogP contribution is -2.48. The van der Waals surface area contributed by atoms with Gasteiger partial charge in [-0.15, -0.1) is 0 Å². The highest BCUT2D eigenvalue weighted by atomic mass is 32.2. The van der Waals surface area contributed by atoms with E-state index in [9.17, 15) is 18.0 Å². The van der Waals surface area contributed by atoms with Crippen molar-refractivity contribution in [1.29, 1.82) is 0 Å². The van der Waals surface area contributed by atoms with Crippen molar-refractivity contribution in [3.8, 4) is 0 Å². The van der Waals surface area contributed by atoms with Crippen LogP contribution in [0, 0.1) is 0 Å². The van der Waals surface area contributed by atoms with Crippen LogP contribution in [0.2, 0.25) is 0 Å². The van der Waals surface area contributed by atoms with Crippen LogP contribution in [-0.2, 0) is 30.8 Å². The van der Waals surface area contributed by atoms with Crippen molar-refractivity contribution in [2.24, 2.45) is 0 Å². The lowest BCUT2D eigenvalue weighted by molar-refractivity contribution is -0.133. The zero-order chi connectivity index (χ0) is 22.6. The van der Waals surface area contributed by atoms with E-state index in [1.165, 1.54) is 39.7 Å². The maximum absolute atomic E-state index is 12.9. The molecule has 0 bridgehead atoms. The quantitative estimate of drug-likeness (QED) is 0.593. The molecule has 1 fully saturated rings. The first-order chi connectivity index (χ1) is 14.7. The molecule has 0 radical (unpaired) electrons. The number of esters is 1. The van der Waals surface area contributed by atoms with Crippen LogP contribution in [0.15, 0.2) is 52.0 Å². The van der Waals surface area contributed by atoms with E-state index in [0.717, 1.165) is 0 Å². The lowest BCUT2D eigenvalue weighted by atomic mass is 10.2. The van der Waals surface area contributed by atoms with Gasteiger partial charge in [0.05, 0.1) is 35.5 Å². The van der Waals surface area contributed by atoms with Crippen LogP contribution in [0.25, 0.3) is 0 Å². The summed E-state index contributed by atoms with van der Waals surface area (Å²) >= 11 is 0. The molecule has 2 aromatic rings. The van der Waals surface area contributed by atoms with Gasteiger partial charge in [-0.3, -0.25) is 4.79 Å². The molecule has 2 heterocycles. The second kappa shape index (κ2) is 9.63. The van der Waals surface area contributed by atoms with E-state index in [0.29, 0.717) is 5.76 Å². The number of furan rings is 1. The normalized spacial score (nSPS) is 19.7. The zero-order valence-electron chi connectivity index (χ0n) is 17.7. The van der Waals surface area contributed by atoms with Gasteiger partial charge in [0.15, 0.2) is 6.61 Å². The van der Waals surface area contributed by atoms with Crippen LogP contribution >= 0.6 is 0 Å². The smallest absolute Gasteiger partial charge is 0.338 e. The number of hydrogen-bond donors (Lipinski definition) is 0. The Labute approximate surface area is 181 Å². The molecule has 2 unspecified atom stereocenters. The predicted octanol–water partition coefficient (Wildman–Crippen LogP) is 1.89. The average Bonchev–Trinajstić information content (AvgIpc) is 3.24. The van der Waals surface area contributed by atoms with Gasteiger partial charge in [-0.2, -0.15) is 4.31 Å². The number of rotatable bonds is 7. The monoisotopic (exact) mass is 450 g/mol. The van der Waals surface area contributed by atoms with Crippen molar-refractivity contribution in [3.05, 3.63) is 54.0 Å². The Morgan fingerprint density at radius 3 is 2.35 bits per heavy atom. The topological polar surface area (TPSA) is 106 Å². The Balaban J connectivity index is 1.57. The minimum absolute atomic E-state index is 0.0830. The third-order valence-electron chi connectivity index (χ3n) is 4.84. The fraction of sp³-hybridized carbons (Fsp3) is 0.429. The van der Waals surface area contributed by atoms with Crippen molar-refractivity contribution in [2.45, 2.75) is 37.5 Å². The number of benzene rings is 1. The molecule has 0 aliphatic carbocycles. The van der Waals surface area contributed by atoms with Crippen molar-refractivity contribution in [3.63, 3.8) is 0 Å². The highest BCUT2D eigenvalue weighted by molar-refractivity contribution is 7.89. The van der Waals surface area contributed by atoms with Gasteiger partial charge >= 0.3 is 5.97 Å². The Morgan fingerprint density at radius 1 is 1.13 bits per heavy atom. The summed E-state index contributed by atoms with van der Waals surface area (Å²) < 4.78 is 43.0. The maximum atomic E-state index is 12.9. The van der Waals surface area contributed by atoms with Gasteiger partial charge in [0, 0.05) is 20.1 Å². The Bertz CT molecular complexity index is 993. The first-order valence-electron chi connectivity index (χ1n) is 9.86. The molecule has 1 aliphatic rings. The molecule has 1 amide bonds. The van der Waals surface area contributed by atoms with E-state index in [4.69, 9.17) is 13.9 Å². The summed E-state index contributed by atoms with van der Waals surface area (Å²) in [7, 11) is -2.13. The second-order valence-electron chi connectivity index (χ2n) is 7.51. The van der Waals surface area contributed by atoms with Gasteiger partial charge < -0.3 is 18.8 Å². The number of ether oxygens (including phenoxy) is 2. The van der Waals surface area contributed by atoms with Gasteiger partial charge in [0.2, 0.25) is 10.0 Å². The lowest BCUT2D eigenvalue weighted by Gasteiger charge is -2.34. The summed E-state index contributed by atoms with van der Waals surface area (Å²) in [6, 6.07) is 8.93. The third-order valence-corrected chi connectivity index (χ3v) is 6.69. The molecular weight excluding hydrogens is 424 g/mol. The molecule has 31 heavy (non-hydrogen) atoms.